The Labute approximate surface area is 164 Å². The molecule has 3 aromatic carbocycles. The zero-order chi connectivity index (χ0) is 19.4. The van der Waals surface area contributed by atoms with E-state index in [4.69, 9.17) is 0 Å². The fourth-order valence-corrected chi connectivity index (χ4v) is 4.60. The summed E-state index contributed by atoms with van der Waals surface area (Å²) in [6.07, 6.45) is 4.35. The van der Waals surface area contributed by atoms with E-state index in [1.807, 2.05) is 71.4 Å². The maximum atomic E-state index is 12.8. The first kappa shape index (κ1) is 18.4. The molecule has 1 heterocycles. The zero-order valence-corrected chi connectivity index (χ0v) is 16.1. The molecule has 28 heavy (non-hydrogen) atoms. The molecule has 0 radical (unpaired) electrons. The topological polar surface area (TPSA) is 64.0 Å². The smallest absolute Gasteiger partial charge is 0.241 e. The Kier molecular flexibility index (Phi) is 5.23. The van der Waals surface area contributed by atoms with Gasteiger partial charge in [0.1, 0.15) is 5.82 Å². The van der Waals surface area contributed by atoms with Crippen LogP contribution in [-0.4, -0.2) is 24.5 Å². The number of benzene rings is 3. The molecule has 1 N–H and O–H groups in total. The van der Waals surface area contributed by atoms with Gasteiger partial charge in [-0.15, -0.1) is 0 Å². The minimum absolute atomic E-state index is 0.318. The van der Waals surface area contributed by atoms with Crippen molar-refractivity contribution >= 4 is 20.8 Å². The van der Waals surface area contributed by atoms with Crippen molar-refractivity contribution in [3.8, 4) is 11.4 Å². The van der Waals surface area contributed by atoms with Crippen molar-refractivity contribution in [1.29, 1.82) is 0 Å². The molecule has 0 saturated carbocycles. The summed E-state index contributed by atoms with van der Waals surface area (Å²) in [6.45, 7) is 1.04. The summed E-state index contributed by atoms with van der Waals surface area (Å²) in [5.41, 5.74) is 1.05. The van der Waals surface area contributed by atoms with Gasteiger partial charge in [0.05, 0.1) is 4.90 Å². The fraction of sp³-hybridized carbons (Fsp3) is 0.136. The highest BCUT2D eigenvalue weighted by molar-refractivity contribution is 7.89. The van der Waals surface area contributed by atoms with E-state index in [0.29, 0.717) is 24.4 Å². The number of nitrogens with zero attached hydrogens (tertiary/aromatic N) is 2. The van der Waals surface area contributed by atoms with Crippen LogP contribution >= 0.6 is 0 Å². The van der Waals surface area contributed by atoms with Gasteiger partial charge in [0.15, 0.2) is 0 Å². The minimum atomic E-state index is -3.57. The molecule has 0 saturated heterocycles. The maximum Gasteiger partial charge on any atom is 0.241 e. The van der Waals surface area contributed by atoms with E-state index in [-0.39, 0.29) is 0 Å². The number of imidazole rings is 1. The van der Waals surface area contributed by atoms with Crippen molar-refractivity contribution in [2.24, 2.45) is 0 Å². The number of nitrogens with one attached hydrogen (secondary N) is 1. The summed E-state index contributed by atoms with van der Waals surface area (Å²) >= 11 is 0. The van der Waals surface area contributed by atoms with Crippen LogP contribution in [0.4, 0.5) is 0 Å². The monoisotopic (exact) mass is 391 g/mol. The molecule has 4 rings (SSSR count). The molecule has 0 unspecified atom stereocenters. The lowest BCUT2D eigenvalue weighted by molar-refractivity contribution is 0.571. The molecule has 142 valence electrons. The van der Waals surface area contributed by atoms with Gasteiger partial charge in [-0.05, 0) is 17.9 Å². The van der Waals surface area contributed by atoms with Crippen molar-refractivity contribution in [2.75, 3.05) is 6.54 Å². The summed E-state index contributed by atoms with van der Waals surface area (Å²) in [6, 6.07) is 22.8. The highest BCUT2D eigenvalue weighted by Crippen LogP contribution is 2.22. The van der Waals surface area contributed by atoms with Crippen LogP contribution < -0.4 is 4.72 Å². The third-order valence-corrected chi connectivity index (χ3v) is 6.17. The molecule has 0 aliphatic carbocycles. The number of hydrogen-bond donors (Lipinski definition) is 1. The molecule has 0 amide bonds. The van der Waals surface area contributed by atoms with Crippen molar-refractivity contribution in [3.05, 3.63) is 85.2 Å². The Morgan fingerprint density at radius 3 is 2.50 bits per heavy atom. The van der Waals surface area contributed by atoms with E-state index >= 15 is 0 Å². The van der Waals surface area contributed by atoms with Crippen molar-refractivity contribution in [2.45, 2.75) is 17.9 Å². The summed E-state index contributed by atoms with van der Waals surface area (Å²) in [7, 11) is -3.57. The van der Waals surface area contributed by atoms with Gasteiger partial charge in [0, 0.05) is 36.4 Å². The molecule has 0 aliphatic heterocycles. The lowest BCUT2D eigenvalue weighted by Crippen LogP contribution is -2.25. The van der Waals surface area contributed by atoms with Crippen LogP contribution in [0.5, 0.6) is 0 Å². The Morgan fingerprint density at radius 1 is 0.893 bits per heavy atom. The van der Waals surface area contributed by atoms with Gasteiger partial charge in [-0.25, -0.2) is 18.1 Å². The second-order valence-electron chi connectivity index (χ2n) is 6.54. The first-order valence-electron chi connectivity index (χ1n) is 9.19. The predicted octanol–water partition coefficient (Wildman–Crippen LogP) is 4.07. The minimum Gasteiger partial charge on any atom is -0.331 e. The van der Waals surface area contributed by atoms with Gasteiger partial charge >= 0.3 is 0 Å². The van der Waals surface area contributed by atoms with Crippen LogP contribution in [0.15, 0.2) is 90.1 Å². The molecule has 4 aromatic rings. The van der Waals surface area contributed by atoms with Crippen LogP contribution in [-0.2, 0) is 16.6 Å². The highest BCUT2D eigenvalue weighted by Gasteiger charge is 2.16. The molecule has 5 nitrogen and oxygen atoms in total. The molecular formula is C22H21N3O2S. The molecule has 6 heteroatoms. The fourth-order valence-electron chi connectivity index (χ4n) is 3.30. The molecular weight excluding hydrogens is 370 g/mol. The number of hydrogen-bond acceptors (Lipinski definition) is 3. The number of aromatic nitrogens is 2. The van der Waals surface area contributed by atoms with E-state index in [1.54, 1.807) is 18.3 Å². The van der Waals surface area contributed by atoms with E-state index < -0.39 is 10.0 Å². The molecule has 1 aromatic heterocycles. The number of fused-ring (bicyclic) bond motifs is 1. The van der Waals surface area contributed by atoms with Gasteiger partial charge < -0.3 is 4.57 Å². The van der Waals surface area contributed by atoms with E-state index in [0.717, 1.165) is 22.2 Å². The molecule has 0 bridgehead atoms. The quantitative estimate of drug-likeness (QED) is 0.483. The van der Waals surface area contributed by atoms with Gasteiger partial charge in [-0.3, -0.25) is 0 Å². The van der Waals surface area contributed by atoms with Gasteiger partial charge in [-0.2, -0.15) is 0 Å². The Morgan fingerprint density at radius 2 is 1.64 bits per heavy atom. The average Bonchev–Trinajstić information content (AvgIpc) is 3.20. The van der Waals surface area contributed by atoms with E-state index in [2.05, 4.69) is 9.71 Å². The molecule has 0 atom stereocenters. The van der Waals surface area contributed by atoms with Crippen molar-refractivity contribution < 1.29 is 8.42 Å². The van der Waals surface area contributed by atoms with E-state index in [9.17, 15) is 8.42 Å². The predicted molar refractivity (Wildman–Crippen MR) is 111 cm³/mol. The summed E-state index contributed by atoms with van der Waals surface area (Å²) in [5, 5.41) is 1.65. The van der Waals surface area contributed by atoms with Gasteiger partial charge in [0.2, 0.25) is 10.0 Å². The second-order valence-corrected chi connectivity index (χ2v) is 8.27. The molecule has 0 spiro atoms. The van der Waals surface area contributed by atoms with Crippen LogP contribution in [0.25, 0.3) is 22.2 Å². The summed E-state index contributed by atoms with van der Waals surface area (Å²) < 4.78 is 30.3. The van der Waals surface area contributed by atoms with Crippen molar-refractivity contribution in [1.82, 2.24) is 14.3 Å². The van der Waals surface area contributed by atoms with Crippen LogP contribution in [0.2, 0.25) is 0 Å². The van der Waals surface area contributed by atoms with Crippen LogP contribution in [0, 0.1) is 0 Å². The summed E-state index contributed by atoms with van der Waals surface area (Å²) in [5.74, 6) is 0.887. The molecule has 0 fully saturated rings. The normalized spacial score (nSPS) is 11.7. The first-order chi connectivity index (χ1) is 13.6. The number of aryl methyl sites for hydroxylation is 1. The Bertz CT molecular complexity index is 1180. The average molecular weight is 391 g/mol. The third-order valence-electron chi connectivity index (χ3n) is 4.65. The zero-order valence-electron chi connectivity index (χ0n) is 15.3. The van der Waals surface area contributed by atoms with Gasteiger partial charge in [0.25, 0.3) is 0 Å². The SMILES string of the molecule is O=S(=O)(NCCCn1ccnc1-c1ccccc1)c1cccc2ccccc12. The number of rotatable bonds is 7. The lowest BCUT2D eigenvalue weighted by atomic mass is 10.1. The highest BCUT2D eigenvalue weighted by atomic mass is 32.2. The second kappa shape index (κ2) is 7.96. The maximum absolute atomic E-state index is 12.8. The third kappa shape index (κ3) is 3.83. The summed E-state index contributed by atoms with van der Waals surface area (Å²) in [4.78, 5) is 4.74. The van der Waals surface area contributed by atoms with Crippen LogP contribution in [0.1, 0.15) is 6.42 Å². The Hall–Kier alpha value is -2.96. The first-order valence-corrected chi connectivity index (χ1v) is 10.7. The largest absolute Gasteiger partial charge is 0.331 e. The lowest BCUT2D eigenvalue weighted by Gasteiger charge is -2.11. The standard InChI is InChI=1S/C22H21N3O2S/c26-28(27,21-13-6-11-18-8-4-5-12-20(18)21)24-14-7-16-25-17-15-23-22(25)19-9-2-1-3-10-19/h1-6,8-13,15,17,24H,7,14,16H2. The Balaban J connectivity index is 1.43. The van der Waals surface area contributed by atoms with Crippen LogP contribution in [0.3, 0.4) is 0 Å². The molecule has 0 aliphatic rings. The van der Waals surface area contributed by atoms with Gasteiger partial charge in [-0.1, -0.05) is 66.7 Å². The number of sulfonamides is 1. The van der Waals surface area contributed by atoms with E-state index in [1.165, 1.54) is 0 Å². The van der Waals surface area contributed by atoms with Crippen molar-refractivity contribution in [3.63, 3.8) is 0 Å².